The maximum Gasteiger partial charge on any atom is 0.158 e. The monoisotopic (exact) mass is 427 g/mol. The van der Waals surface area contributed by atoms with Crippen LogP contribution in [0, 0.1) is 0 Å². The second kappa shape index (κ2) is 9.23. The summed E-state index contributed by atoms with van der Waals surface area (Å²) in [4.78, 5) is 20.3. The van der Waals surface area contributed by atoms with Gasteiger partial charge in [-0.15, -0.1) is 0 Å². The fourth-order valence-corrected chi connectivity index (χ4v) is 3.80. The molecule has 4 heterocycles. The van der Waals surface area contributed by atoms with E-state index in [2.05, 4.69) is 57.1 Å². The molecule has 8 nitrogen and oxygen atoms in total. The molecular weight excluding hydrogens is 402 g/mol. The number of aromatic nitrogens is 5. The molecule has 3 aromatic heterocycles. The molecule has 8 heteroatoms. The van der Waals surface area contributed by atoms with Gasteiger partial charge in [-0.05, 0) is 17.5 Å². The molecule has 0 radical (unpaired) electrons. The Morgan fingerprint density at radius 1 is 1.09 bits per heavy atom. The highest BCUT2D eigenvalue weighted by molar-refractivity contribution is 5.79. The first kappa shape index (κ1) is 20.3. The molecule has 0 atom stereocenters. The molecule has 0 aliphatic carbocycles. The van der Waals surface area contributed by atoms with Crippen LogP contribution in [0.5, 0.6) is 0 Å². The second-order valence-corrected chi connectivity index (χ2v) is 7.66. The van der Waals surface area contributed by atoms with Gasteiger partial charge in [-0.25, -0.2) is 4.98 Å². The minimum Gasteiger partial charge on any atom is -0.378 e. The zero-order chi connectivity index (χ0) is 21.8. The van der Waals surface area contributed by atoms with E-state index in [1.165, 1.54) is 5.56 Å². The summed E-state index contributed by atoms with van der Waals surface area (Å²) in [6, 6.07) is 12.5. The van der Waals surface area contributed by atoms with Crippen LogP contribution in [0.1, 0.15) is 23.7 Å². The number of ether oxygens (including phenoxy) is 1. The SMILES string of the molecule is CCc1cccc(C=NCc2cc(N3CCOCC3)n3nc(-c4cnccn4)cc3n2)c1. The highest BCUT2D eigenvalue weighted by atomic mass is 16.5. The first-order valence-electron chi connectivity index (χ1n) is 10.9. The lowest BCUT2D eigenvalue weighted by Gasteiger charge is -2.29. The van der Waals surface area contributed by atoms with E-state index in [1.54, 1.807) is 18.6 Å². The number of aliphatic imine (C=N–C) groups is 1. The van der Waals surface area contributed by atoms with Crippen LogP contribution < -0.4 is 4.90 Å². The van der Waals surface area contributed by atoms with E-state index in [4.69, 9.17) is 14.8 Å². The molecule has 0 unspecified atom stereocenters. The maximum absolute atomic E-state index is 5.54. The Morgan fingerprint density at radius 2 is 2.00 bits per heavy atom. The summed E-state index contributed by atoms with van der Waals surface area (Å²) in [5, 5.41) is 4.78. The summed E-state index contributed by atoms with van der Waals surface area (Å²) in [5.41, 5.74) is 5.55. The number of anilines is 1. The van der Waals surface area contributed by atoms with Crippen molar-refractivity contribution in [2.45, 2.75) is 19.9 Å². The Hall–Kier alpha value is -3.65. The Morgan fingerprint density at radius 3 is 2.81 bits per heavy atom. The molecule has 1 aromatic carbocycles. The molecule has 0 saturated carbocycles. The van der Waals surface area contributed by atoms with Crippen LogP contribution in [0.3, 0.4) is 0 Å². The van der Waals surface area contributed by atoms with Gasteiger partial charge in [-0.1, -0.05) is 31.2 Å². The summed E-state index contributed by atoms with van der Waals surface area (Å²) < 4.78 is 7.42. The van der Waals surface area contributed by atoms with Crippen LogP contribution in [0.2, 0.25) is 0 Å². The number of aryl methyl sites for hydroxylation is 1. The molecular formula is C24H25N7O. The quantitative estimate of drug-likeness (QED) is 0.440. The fraction of sp³-hybridized carbons (Fsp3) is 0.292. The third kappa shape index (κ3) is 4.36. The van der Waals surface area contributed by atoms with Gasteiger partial charge < -0.3 is 9.64 Å². The van der Waals surface area contributed by atoms with E-state index >= 15 is 0 Å². The summed E-state index contributed by atoms with van der Waals surface area (Å²) in [6.45, 7) is 5.67. The molecule has 5 rings (SSSR count). The van der Waals surface area contributed by atoms with Gasteiger partial charge in [-0.2, -0.15) is 9.61 Å². The lowest BCUT2D eigenvalue weighted by atomic mass is 10.1. The molecule has 1 fully saturated rings. The number of benzene rings is 1. The smallest absolute Gasteiger partial charge is 0.158 e. The number of morpholine rings is 1. The van der Waals surface area contributed by atoms with Gasteiger partial charge in [0.25, 0.3) is 0 Å². The van der Waals surface area contributed by atoms with E-state index in [0.29, 0.717) is 19.8 Å². The molecule has 4 aromatic rings. The average Bonchev–Trinajstić information content (AvgIpc) is 3.29. The number of nitrogens with zero attached hydrogens (tertiary/aromatic N) is 7. The van der Waals surface area contributed by atoms with Crippen molar-refractivity contribution in [3.05, 3.63) is 71.8 Å². The lowest BCUT2D eigenvalue weighted by molar-refractivity contribution is 0.122. The number of fused-ring (bicyclic) bond motifs is 1. The van der Waals surface area contributed by atoms with Gasteiger partial charge in [0.05, 0.1) is 31.6 Å². The van der Waals surface area contributed by atoms with Crippen molar-refractivity contribution in [1.29, 1.82) is 0 Å². The molecule has 0 amide bonds. The first-order chi connectivity index (χ1) is 15.8. The lowest BCUT2D eigenvalue weighted by Crippen LogP contribution is -2.37. The zero-order valence-electron chi connectivity index (χ0n) is 18.1. The van der Waals surface area contributed by atoms with E-state index in [-0.39, 0.29) is 0 Å². The minimum absolute atomic E-state index is 0.496. The number of hydrogen-bond acceptors (Lipinski definition) is 7. The normalized spacial score (nSPS) is 14.5. The van der Waals surface area contributed by atoms with E-state index in [0.717, 1.165) is 53.6 Å². The van der Waals surface area contributed by atoms with Crippen LogP contribution in [0.4, 0.5) is 5.82 Å². The van der Waals surface area contributed by atoms with Gasteiger partial charge in [0.2, 0.25) is 0 Å². The predicted octanol–water partition coefficient (Wildman–Crippen LogP) is 3.20. The Balaban J connectivity index is 1.48. The molecule has 0 bridgehead atoms. The molecule has 1 aliphatic heterocycles. The van der Waals surface area contributed by atoms with Crippen LogP contribution in [-0.4, -0.2) is 57.1 Å². The standard InChI is InChI=1S/C24H25N7O/c1-2-18-4-3-5-19(12-18)15-26-16-20-13-24(30-8-10-32-11-9-30)31-23(28-20)14-21(29-31)22-17-25-6-7-27-22/h3-7,12-15,17H,2,8-11,16H2,1H3. The summed E-state index contributed by atoms with van der Waals surface area (Å²) in [6.07, 6.45) is 7.97. The van der Waals surface area contributed by atoms with Crippen molar-refractivity contribution in [3.63, 3.8) is 0 Å². The fourth-order valence-electron chi connectivity index (χ4n) is 3.80. The topological polar surface area (TPSA) is 80.8 Å². The van der Waals surface area contributed by atoms with Crippen LogP contribution in [0.15, 0.2) is 60.0 Å². The maximum atomic E-state index is 5.54. The number of hydrogen-bond donors (Lipinski definition) is 0. The average molecular weight is 428 g/mol. The minimum atomic E-state index is 0.496. The Bertz CT molecular complexity index is 1230. The van der Waals surface area contributed by atoms with Crippen LogP contribution >= 0.6 is 0 Å². The summed E-state index contributed by atoms with van der Waals surface area (Å²) >= 11 is 0. The zero-order valence-corrected chi connectivity index (χ0v) is 18.1. The van der Waals surface area contributed by atoms with E-state index in [9.17, 15) is 0 Å². The van der Waals surface area contributed by atoms with Gasteiger partial charge in [0.15, 0.2) is 5.65 Å². The van der Waals surface area contributed by atoms with Crippen LogP contribution in [-0.2, 0) is 17.7 Å². The Labute approximate surface area is 186 Å². The predicted molar refractivity (Wildman–Crippen MR) is 124 cm³/mol. The van der Waals surface area contributed by atoms with Gasteiger partial charge >= 0.3 is 0 Å². The third-order valence-electron chi connectivity index (χ3n) is 5.48. The van der Waals surface area contributed by atoms with Crippen molar-refractivity contribution < 1.29 is 4.74 Å². The van der Waals surface area contributed by atoms with Gasteiger partial charge in [0, 0.05) is 43.8 Å². The van der Waals surface area contributed by atoms with Crippen molar-refractivity contribution in [3.8, 4) is 11.4 Å². The number of rotatable bonds is 6. The highest BCUT2D eigenvalue weighted by Gasteiger charge is 2.18. The van der Waals surface area contributed by atoms with Gasteiger partial charge in [-0.3, -0.25) is 15.0 Å². The molecule has 1 saturated heterocycles. The highest BCUT2D eigenvalue weighted by Crippen LogP contribution is 2.23. The van der Waals surface area contributed by atoms with Crippen molar-refractivity contribution >= 4 is 17.7 Å². The van der Waals surface area contributed by atoms with Crippen LogP contribution in [0.25, 0.3) is 17.0 Å². The molecule has 0 N–H and O–H groups in total. The molecule has 32 heavy (non-hydrogen) atoms. The second-order valence-electron chi connectivity index (χ2n) is 7.66. The van der Waals surface area contributed by atoms with Gasteiger partial charge in [0.1, 0.15) is 17.2 Å². The summed E-state index contributed by atoms with van der Waals surface area (Å²) in [5.74, 6) is 0.992. The molecule has 0 spiro atoms. The summed E-state index contributed by atoms with van der Waals surface area (Å²) in [7, 11) is 0. The largest absolute Gasteiger partial charge is 0.378 e. The van der Waals surface area contributed by atoms with Crippen molar-refractivity contribution in [2.24, 2.45) is 4.99 Å². The van der Waals surface area contributed by atoms with Crippen molar-refractivity contribution in [2.75, 3.05) is 31.2 Å². The van der Waals surface area contributed by atoms with E-state index < -0.39 is 0 Å². The first-order valence-corrected chi connectivity index (χ1v) is 10.9. The van der Waals surface area contributed by atoms with Crippen molar-refractivity contribution in [1.82, 2.24) is 24.6 Å². The Kier molecular flexibility index (Phi) is 5.85. The van der Waals surface area contributed by atoms with E-state index in [1.807, 2.05) is 16.8 Å². The molecule has 162 valence electrons. The third-order valence-corrected chi connectivity index (χ3v) is 5.48. The molecule has 1 aliphatic rings.